The minimum atomic E-state index is -1.23. The van der Waals surface area contributed by atoms with Crippen molar-refractivity contribution in [1.29, 1.82) is 0 Å². The molecule has 0 aliphatic heterocycles. The second kappa shape index (κ2) is 3.97. The van der Waals surface area contributed by atoms with Crippen LogP contribution < -0.4 is 0 Å². The van der Waals surface area contributed by atoms with E-state index >= 15 is 0 Å². The summed E-state index contributed by atoms with van der Waals surface area (Å²) in [5.41, 5.74) is 0.797. The first-order valence-electron chi connectivity index (χ1n) is 4.74. The Morgan fingerprint density at radius 1 is 1.35 bits per heavy atom. The molecule has 1 aromatic carbocycles. The molecule has 0 saturated carbocycles. The highest BCUT2D eigenvalue weighted by Crippen LogP contribution is 2.27. The molecule has 0 unspecified atom stereocenters. The molecule has 1 aromatic heterocycles. The van der Waals surface area contributed by atoms with Gasteiger partial charge in [-0.05, 0) is 24.6 Å². The van der Waals surface area contributed by atoms with Crippen LogP contribution in [0.4, 0.5) is 8.78 Å². The molecule has 2 N–H and O–H groups in total. The predicted octanol–water partition coefficient (Wildman–Crippen LogP) is 2.36. The molecule has 1 heterocycles. The molecule has 2 rings (SSSR count). The van der Waals surface area contributed by atoms with Gasteiger partial charge in [0.1, 0.15) is 0 Å². The summed E-state index contributed by atoms with van der Waals surface area (Å²) >= 11 is 0. The molecule has 88 valence electrons. The monoisotopic (exact) mass is 238 g/mol. The average molecular weight is 238 g/mol. The topological polar surface area (TPSA) is 66.0 Å². The van der Waals surface area contributed by atoms with Gasteiger partial charge in [0.25, 0.3) is 0 Å². The van der Waals surface area contributed by atoms with E-state index in [1.54, 1.807) is 6.92 Å². The number of aromatic amines is 1. The van der Waals surface area contributed by atoms with Crippen molar-refractivity contribution in [3.63, 3.8) is 0 Å². The highest BCUT2D eigenvalue weighted by Gasteiger charge is 2.19. The van der Waals surface area contributed by atoms with E-state index in [1.807, 2.05) is 0 Å². The molecular weight excluding hydrogens is 230 g/mol. The van der Waals surface area contributed by atoms with Crippen molar-refractivity contribution in [3.8, 4) is 11.1 Å². The number of hydrogen-bond acceptors (Lipinski definition) is 2. The molecule has 0 saturated heterocycles. The number of H-pyrrole nitrogens is 1. The van der Waals surface area contributed by atoms with Crippen LogP contribution in [-0.4, -0.2) is 21.3 Å². The van der Waals surface area contributed by atoms with Crippen LogP contribution in [-0.2, 0) is 0 Å². The van der Waals surface area contributed by atoms with Gasteiger partial charge < -0.3 is 5.11 Å². The number of carboxylic acid groups (broad SMARTS) is 1. The maximum absolute atomic E-state index is 13.1. The summed E-state index contributed by atoms with van der Waals surface area (Å²) < 4.78 is 25.9. The lowest BCUT2D eigenvalue weighted by atomic mass is 10.0. The molecule has 0 aliphatic rings. The lowest BCUT2D eigenvalue weighted by molar-refractivity contribution is 0.0691. The Bertz CT molecular complexity index is 593. The van der Waals surface area contributed by atoms with Crippen LogP contribution in [0.1, 0.15) is 16.2 Å². The predicted molar refractivity (Wildman–Crippen MR) is 55.6 cm³/mol. The SMILES string of the molecule is Cc1[nH]nc(C(=O)O)c1-c1ccc(F)c(F)c1. The van der Waals surface area contributed by atoms with Gasteiger partial charge in [-0.15, -0.1) is 0 Å². The van der Waals surface area contributed by atoms with Gasteiger partial charge in [0.15, 0.2) is 17.3 Å². The fourth-order valence-corrected chi connectivity index (χ4v) is 1.59. The first-order valence-corrected chi connectivity index (χ1v) is 4.74. The second-order valence-corrected chi connectivity index (χ2v) is 3.51. The van der Waals surface area contributed by atoms with Crippen LogP contribution in [0.3, 0.4) is 0 Å². The standard InChI is InChI=1S/C11H8F2N2O2/c1-5-9(10(11(16)17)15-14-5)6-2-3-7(12)8(13)4-6/h2-4H,1H3,(H,14,15)(H,16,17). The molecule has 0 atom stereocenters. The van der Waals surface area contributed by atoms with Crippen molar-refractivity contribution >= 4 is 5.97 Å². The number of halogens is 2. The summed E-state index contributed by atoms with van der Waals surface area (Å²) in [6.07, 6.45) is 0. The van der Waals surface area contributed by atoms with Gasteiger partial charge in [-0.1, -0.05) is 6.07 Å². The van der Waals surface area contributed by atoms with Crippen molar-refractivity contribution in [1.82, 2.24) is 10.2 Å². The largest absolute Gasteiger partial charge is 0.476 e. The zero-order valence-corrected chi connectivity index (χ0v) is 8.79. The van der Waals surface area contributed by atoms with E-state index in [0.29, 0.717) is 5.69 Å². The van der Waals surface area contributed by atoms with Crippen molar-refractivity contribution in [2.45, 2.75) is 6.92 Å². The van der Waals surface area contributed by atoms with E-state index < -0.39 is 17.6 Å². The Hall–Kier alpha value is -2.24. The maximum atomic E-state index is 13.1. The summed E-state index contributed by atoms with van der Waals surface area (Å²) in [6, 6.07) is 3.20. The van der Waals surface area contributed by atoms with Gasteiger partial charge in [-0.25, -0.2) is 13.6 Å². The number of benzene rings is 1. The number of rotatable bonds is 2. The summed E-state index contributed by atoms with van der Waals surface area (Å²) in [6.45, 7) is 1.61. The first kappa shape index (κ1) is 11.3. The summed E-state index contributed by atoms with van der Waals surface area (Å²) in [5, 5.41) is 15.0. The fourth-order valence-electron chi connectivity index (χ4n) is 1.59. The van der Waals surface area contributed by atoms with Crippen LogP contribution in [0.2, 0.25) is 0 Å². The molecule has 2 aromatic rings. The number of nitrogens with one attached hydrogen (secondary N) is 1. The smallest absolute Gasteiger partial charge is 0.357 e. The van der Waals surface area contributed by atoms with Crippen LogP contribution in [0.5, 0.6) is 0 Å². The number of aromatic nitrogens is 2. The van der Waals surface area contributed by atoms with Crippen LogP contribution in [0.25, 0.3) is 11.1 Å². The Morgan fingerprint density at radius 3 is 2.65 bits per heavy atom. The van der Waals surface area contributed by atoms with Gasteiger partial charge in [-0.3, -0.25) is 5.10 Å². The minimum absolute atomic E-state index is 0.214. The normalized spacial score (nSPS) is 10.5. The molecule has 0 bridgehead atoms. The third-order valence-corrected chi connectivity index (χ3v) is 2.36. The molecule has 0 aliphatic carbocycles. The number of nitrogens with zero attached hydrogens (tertiary/aromatic N) is 1. The molecule has 0 amide bonds. The molecule has 0 radical (unpaired) electrons. The number of carboxylic acids is 1. The van der Waals surface area contributed by atoms with Gasteiger partial charge in [-0.2, -0.15) is 5.10 Å². The molecule has 17 heavy (non-hydrogen) atoms. The van der Waals surface area contributed by atoms with Crippen molar-refractivity contribution in [2.24, 2.45) is 0 Å². The highest BCUT2D eigenvalue weighted by molar-refractivity contribution is 5.94. The van der Waals surface area contributed by atoms with E-state index in [9.17, 15) is 13.6 Å². The van der Waals surface area contributed by atoms with Crippen molar-refractivity contribution in [2.75, 3.05) is 0 Å². The summed E-state index contributed by atoms with van der Waals surface area (Å²) in [5.74, 6) is -3.24. The average Bonchev–Trinajstić information content (AvgIpc) is 2.64. The molecular formula is C11H8F2N2O2. The Kier molecular flexibility index (Phi) is 2.63. The molecule has 0 fully saturated rings. The number of aromatic carboxylic acids is 1. The van der Waals surface area contributed by atoms with Gasteiger partial charge in [0.2, 0.25) is 0 Å². The van der Waals surface area contributed by atoms with Crippen LogP contribution >= 0.6 is 0 Å². The van der Waals surface area contributed by atoms with Crippen LogP contribution in [0.15, 0.2) is 18.2 Å². The molecule has 4 nitrogen and oxygen atoms in total. The number of aryl methyl sites for hydroxylation is 1. The van der Waals surface area contributed by atoms with Crippen LogP contribution in [0, 0.1) is 18.6 Å². The minimum Gasteiger partial charge on any atom is -0.476 e. The van der Waals surface area contributed by atoms with Gasteiger partial charge >= 0.3 is 5.97 Å². The quantitative estimate of drug-likeness (QED) is 0.844. The Balaban J connectivity index is 2.63. The molecule has 0 spiro atoms. The lowest BCUT2D eigenvalue weighted by Crippen LogP contribution is -1.99. The maximum Gasteiger partial charge on any atom is 0.357 e. The van der Waals surface area contributed by atoms with E-state index in [2.05, 4.69) is 10.2 Å². The second-order valence-electron chi connectivity index (χ2n) is 3.51. The Labute approximate surface area is 94.9 Å². The highest BCUT2D eigenvalue weighted by atomic mass is 19.2. The number of hydrogen-bond donors (Lipinski definition) is 2. The first-order chi connectivity index (χ1) is 8.00. The van der Waals surface area contributed by atoms with Gasteiger partial charge in [0, 0.05) is 11.3 Å². The lowest BCUT2D eigenvalue weighted by Gasteiger charge is -2.02. The summed E-state index contributed by atoms with van der Waals surface area (Å²) in [7, 11) is 0. The Morgan fingerprint density at radius 2 is 2.06 bits per heavy atom. The third kappa shape index (κ3) is 1.89. The van der Waals surface area contributed by atoms with Gasteiger partial charge in [0.05, 0.1) is 0 Å². The molecule has 6 heteroatoms. The zero-order valence-electron chi connectivity index (χ0n) is 8.79. The van der Waals surface area contributed by atoms with E-state index in [-0.39, 0.29) is 16.8 Å². The fraction of sp³-hybridized carbons (Fsp3) is 0.0909. The van der Waals surface area contributed by atoms with Crippen molar-refractivity contribution in [3.05, 3.63) is 41.2 Å². The van der Waals surface area contributed by atoms with E-state index in [1.165, 1.54) is 6.07 Å². The zero-order chi connectivity index (χ0) is 12.6. The summed E-state index contributed by atoms with van der Waals surface area (Å²) in [4.78, 5) is 10.9. The van der Waals surface area contributed by atoms with Crippen molar-refractivity contribution < 1.29 is 18.7 Å². The number of carbonyl (C=O) groups is 1. The van der Waals surface area contributed by atoms with E-state index in [0.717, 1.165) is 12.1 Å². The third-order valence-electron chi connectivity index (χ3n) is 2.36. The van der Waals surface area contributed by atoms with E-state index in [4.69, 9.17) is 5.11 Å².